The van der Waals surface area contributed by atoms with Gasteiger partial charge < -0.3 is 0 Å². The van der Waals surface area contributed by atoms with Crippen LogP contribution in [0.25, 0.3) is 5.57 Å². The third-order valence-electron chi connectivity index (χ3n) is 5.92. The van der Waals surface area contributed by atoms with Crippen molar-refractivity contribution in [2.75, 3.05) is 19.7 Å². The van der Waals surface area contributed by atoms with Gasteiger partial charge in [-0.25, -0.2) is 0 Å². The van der Waals surface area contributed by atoms with Crippen LogP contribution >= 0.6 is 15.9 Å². The molecule has 2 aliphatic rings. The summed E-state index contributed by atoms with van der Waals surface area (Å²) >= 11 is 3.10. The summed E-state index contributed by atoms with van der Waals surface area (Å²) in [5.41, 5.74) is 3.10. The Morgan fingerprint density at radius 2 is 1.81 bits per heavy atom. The van der Waals surface area contributed by atoms with Crippen LogP contribution in [0.1, 0.15) is 40.7 Å². The number of likely N-dealkylation sites (tertiary alicyclic amines) is 1. The summed E-state index contributed by atoms with van der Waals surface area (Å²) in [6.07, 6.45) is 3.26. The second kappa shape index (κ2) is 10.3. The zero-order valence-electron chi connectivity index (χ0n) is 17.2. The second-order valence-electron chi connectivity index (χ2n) is 8.04. The Balaban J connectivity index is 1.40. The van der Waals surface area contributed by atoms with Crippen LogP contribution in [-0.2, 0) is 11.3 Å². The molecule has 2 aromatic rings. The molecule has 2 heterocycles. The van der Waals surface area contributed by atoms with Gasteiger partial charge >= 0.3 is 198 Å². The molecule has 0 aliphatic carbocycles. The predicted octanol–water partition coefficient (Wildman–Crippen LogP) is 2.68. The fourth-order valence-corrected chi connectivity index (χ4v) is 6.28. The van der Waals surface area contributed by atoms with Crippen molar-refractivity contribution in [3.05, 3.63) is 68.5 Å². The Hall–Kier alpha value is -1.72. The Morgan fingerprint density at radius 3 is 2.52 bits per heavy atom. The maximum atomic E-state index is 12.4. The number of imide groups is 1. The Labute approximate surface area is 197 Å². The molecule has 1 fully saturated rings. The number of carbonyl (C=O) groups excluding carboxylic acids is 2. The molecule has 161 valence electrons. The molecule has 7 heteroatoms. The number of fused-ring (bicyclic) bond motifs is 1. The van der Waals surface area contributed by atoms with Crippen LogP contribution in [0, 0.1) is 5.92 Å². The summed E-state index contributed by atoms with van der Waals surface area (Å²) in [5.74, 6) is -0.00321. The fraction of sp³-hybridized carbons (Fsp3) is 0.333. The summed E-state index contributed by atoms with van der Waals surface area (Å²) in [7, 11) is 0. The van der Waals surface area contributed by atoms with Gasteiger partial charge in [-0.05, 0) is 0 Å². The van der Waals surface area contributed by atoms with E-state index in [-0.39, 0.29) is 27.6 Å². The fourth-order valence-electron chi connectivity index (χ4n) is 4.13. The van der Waals surface area contributed by atoms with Gasteiger partial charge in [0, 0.05) is 0 Å². The molecule has 2 aromatic carbocycles. The number of nitrogens with zero attached hydrogens (tertiary/aromatic N) is 1. The number of hydrogen-bond donors (Lipinski definition) is 2. The quantitative estimate of drug-likeness (QED) is 0.334. The number of nitrogens with one attached hydrogen (secondary N) is 1. The molecular formula is C24H25AsBrN2O3. The average molecular weight is 544 g/mol. The number of carbonyl (C=O) groups is 2. The third kappa shape index (κ3) is 5.56. The second-order valence-corrected chi connectivity index (χ2v) is 11.1. The van der Waals surface area contributed by atoms with Gasteiger partial charge in [-0.1, -0.05) is 0 Å². The van der Waals surface area contributed by atoms with E-state index >= 15 is 0 Å². The molecular weight excluding hydrogens is 519 g/mol. The van der Waals surface area contributed by atoms with Gasteiger partial charge in [-0.2, -0.15) is 0 Å². The summed E-state index contributed by atoms with van der Waals surface area (Å²) in [6, 6.07) is 14.1. The van der Waals surface area contributed by atoms with Crippen LogP contribution in [-0.4, -0.2) is 57.3 Å². The van der Waals surface area contributed by atoms with Crippen LogP contribution in [0.2, 0.25) is 0 Å². The number of rotatable bonds is 6. The topological polar surface area (TPSA) is 69.6 Å². The van der Waals surface area contributed by atoms with Crippen molar-refractivity contribution >= 4 is 53.4 Å². The minimum atomic E-state index is -0.342. The SMILES string of the molecule is O=C1NC(=O)c2ccc(Br)cc2/C1=C/[As]c1ccc(CN2CCC(CCO)CC2)cc1. The van der Waals surface area contributed by atoms with Gasteiger partial charge in [-0.3, -0.25) is 0 Å². The molecule has 0 unspecified atom stereocenters. The van der Waals surface area contributed by atoms with E-state index in [1.165, 1.54) is 22.8 Å². The molecule has 2 amide bonds. The normalized spacial score (nSPS) is 19.2. The molecule has 2 aliphatic heterocycles. The van der Waals surface area contributed by atoms with E-state index in [0.29, 0.717) is 29.2 Å². The first-order chi connectivity index (χ1) is 15.0. The van der Waals surface area contributed by atoms with E-state index in [0.717, 1.165) is 30.5 Å². The summed E-state index contributed by atoms with van der Waals surface area (Å²) in [5, 5.41) is 11.5. The van der Waals surface area contributed by atoms with Gasteiger partial charge in [0.15, 0.2) is 0 Å². The monoisotopic (exact) mass is 543 g/mol. The number of hydrogen-bond acceptors (Lipinski definition) is 4. The number of amides is 2. The van der Waals surface area contributed by atoms with E-state index < -0.39 is 0 Å². The van der Waals surface area contributed by atoms with E-state index in [1.807, 2.05) is 17.0 Å². The van der Waals surface area contributed by atoms with E-state index in [1.54, 1.807) is 6.07 Å². The average Bonchev–Trinajstić information content (AvgIpc) is 2.76. The van der Waals surface area contributed by atoms with Crippen molar-refractivity contribution in [3.8, 4) is 0 Å². The summed E-state index contributed by atoms with van der Waals surface area (Å²) in [4.78, 5) is 29.0. The molecule has 0 spiro atoms. The standard InChI is InChI=1S/C24H25AsBrN2O3/c26-19-5-6-20-21(13-19)22(24(31)27-23(20)30)14-25-18-3-1-17(2-4-18)15-28-10-7-16(8-11-28)9-12-29/h1-6,13-14,16,29H,7-12,15H2,(H,27,30,31)/b22-14-. The van der Waals surface area contributed by atoms with Crippen molar-refractivity contribution < 1.29 is 14.7 Å². The van der Waals surface area contributed by atoms with Gasteiger partial charge in [0.1, 0.15) is 0 Å². The van der Waals surface area contributed by atoms with Crippen LogP contribution < -0.4 is 9.67 Å². The van der Waals surface area contributed by atoms with Crippen LogP contribution in [0.5, 0.6) is 0 Å². The molecule has 31 heavy (non-hydrogen) atoms. The number of benzene rings is 2. The van der Waals surface area contributed by atoms with E-state index in [4.69, 9.17) is 5.11 Å². The van der Waals surface area contributed by atoms with Gasteiger partial charge in [-0.15, -0.1) is 0 Å². The van der Waals surface area contributed by atoms with Crippen LogP contribution in [0.4, 0.5) is 0 Å². The van der Waals surface area contributed by atoms with Crippen molar-refractivity contribution in [2.24, 2.45) is 5.92 Å². The van der Waals surface area contributed by atoms with E-state index in [2.05, 4.69) is 50.4 Å². The Kier molecular flexibility index (Phi) is 7.44. The number of aliphatic hydroxyl groups is 1. The molecule has 2 N–H and O–H groups in total. The molecule has 1 saturated heterocycles. The first-order valence-corrected chi connectivity index (χ1v) is 13.3. The van der Waals surface area contributed by atoms with Crippen molar-refractivity contribution in [1.29, 1.82) is 0 Å². The number of piperidine rings is 1. The minimum absolute atomic E-state index is 0.297. The molecule has 0 saturated carbocycles. The molecule has 0 atom stereocenters. The van der Waals surface area contributed by atoms with Crippen molar-refractivity contribution in [1.82, 2.24) is 10.2 Å². The molecule has 0 bridgehead atoms. The molecule has 5 nitrogen and oxygen atoms in total. The molecule has 0 aromatic heterocycles. The van der Waals surface area contributed by atoms with Gasteiger partial charge in [0.2, 0.25) is 0 Å². The Bertz CT molecular complexity index is 998. The first-order valence-electron chi connectivity index (χ1n) is 10.5. The summed E-state index contributed by atoms with van der Waals surface area (Å²) in [6.45, 7) is 3.43. The summed E-state index contributed by atoms with van der Waals surface area (Å²) < 4.78 is 2.07. The van der Waals surface area contributed by atoms with Crippen LogP contribution in [0.15, 0.2) is 51.8 Å². The van der Waals surface area contributed by atoms with Crippen molar-refractivity contribution in [2.45, 2.75) is 25.8 Å². The Morgan fingerprint density at radius 1 is 1.06 bits per heavy atom. The number of halogens is 1. The number of aliphatic hydroxyl groups excluding tert-OH is 1. The van der Waals surface area contributed by atoms with Crippen molar-refractivity contribution in [3.63, 3.8) is 0 Å². The first kappa shape index (κ1) is 22.5. The maximum absolute atomic E-state index is 12.4. The zero-order valence-corrected chi connectivity index (χ0v) is 20.6. The molecule has 4 rings (SSSR count). The zero-order chi connectivity index (χ0) is 21.8. The predicted molar refractivity (Wildman–Crippen MR) is 126 cm³/mol. The molecule has 1 radical (unpaired) electrons. The van der Waals surface area contributed by atoms with E-state index in [9.17, 15) is 9.59 Å². The van der Waals surface area contributed by atoms with Crippen LogP contribution in [0.3, 0.4) is 0 Å². The van der Waals surface area contributed by atoms with Gasteiger partial charge in [0.05, 0.1) is 0 Å². The van der Waals surface area contributed by atoms with Gasteiger partial charge in [0.25, 0.3) is 0 Å². The third-order valence-corrected chi connectivity index (χ3v) is 8.47.